The van der Waals surface area contributed by atoms with E-state index in [1.54, 1.807) is 11.8 Å². The van der Waals surface area contributed by atoms with E-state index in [0.717, 1.165) is 11.8 Å². The van der Waals surface area contributed by atoms with E-state index in [1.165, 1.54) is 6.07 Å². The Labute approximate surface area is 127 Å². The van der Waals surface area contributed by atoms with Crippen molar-refractivity contribution in [3.05, 3.63) is 28.5 Å². The van der Waals surface area contributed by atoms with E-state index in [9.17, 15) is 12.8 Å². The number of hydrogen-bond acceptors (Lipinski definition) is 4. The quantitative estimate of drug-likeness (QED) is 0.798. The van der Waals surface area contributed by atoms with Gasteiger partial charge in [-0.25, -0.2) is 17.5 Å². The predicted octanol–water partition coefficient (Wildman–Crippen LogP) is 2.25. The molecule has 0 aromatic heterocycles. The molecule has 2 N–H and O–H groups in total. The average Bonchev–Trinajstić information content (AvgIpc) is 2.39. The third kappa shape index (κ3) is 4.60. The lowest BCUT2D eigenvalue weighted by atomic mass is 10.2. The van der Waals surface area contributed by atoms with Crippen LogP contribution < -0.4 is 4.72 Å². The van der Waals surface area contributed by atoms with E-state index in [-0.39, 0.29) is 27.9 Å². The van der Waals surface area contributed by atoms with Crippen molar-refractivity contribution in [3.8, 4) is 0 Å². The Hall–Kier alpha value is -0.340. The molecule has 0 radical (unpaired) electrons. The van der Waals surface area contributed by atoms with Crippen molar-refractivity contribution in [2.24, 2.45) is 5.92 Å². The highest BCUT2D eigenvalue weighted by Gasteiger charge is 2.19. The van der Waals surface area contributed by atoms with E-state index < -0.39 is 22.4 Å². The van der Waals surface area contributed by atoms with Crippen LogP contribution in [0, 0.1) is 11.7 Å². The van der Waals surface area contributed by atoms with Crippen molar-refractivity contribution in [2.75, 3.05) is 18.6 Å². The molecule has 1 atom stereocenters. The van der Waals surface area contributed by atoms with Gasteiger partial charge in [-0.2, -0.15) is 11.8 Å². The number of aliphatic hydroxyl groups is 1. The highest BCUT2D eigenvalue weighted by molar-refractivity contribution is 7.98. The van der Waals surface area contributed by atoms with Crippen LogP contribution in [0.3, 0.4) is 0 Å². The fraction of sp³-hybridized carbons (Fsp3) is 0.500. The van der Waals surface area contributed by atoms with Gasteiger partial charge in [0.2, 0.25) is 10.0 Å². The molecule has 0 aliphatic heterocycles. The zero-order valence-corrected chi connectivity index (χ0v) is 13.6. The summed E-state index contributed by atoms with van der Waals surface area (Å²) in [6.45, 7) is 1.66. The molecule has 1 unspecified atom stereocenters. The van der Waals surface area contributed by atoms with E-state index in [2.05, 4.69) is 4.72 Å². The lowest BCUT2D eigenvalue weighted by molar-refractivity contribution is 0.281. The van der Waals surface area contributed by atoms with Gasteiger partial charge in [0, 0.05) is 12.1 Å². The average molecular weight is 342 g/mol. The van der Waals surface area contributed by atoms with Gasteiger partial charge < -0.3 is 5.11 Å². The largest absolute Gasteiger partial charge is 0.392 e. The van der Waals surface area contributed by atoms with Gasteiger partial charge in [-0.05, 0) is 30.1 Å². The molecule has 20 heavy (non-hydrogen) atoms. The standard InChI is InChI=1S/C12H17ClFNO3S2/c1-8(7-19-2)5-15-20(17,18)10-3-9(6-16)12(13)11(14)4-10/h3-4,8,15-16H,5-7H2,1-2H3. The summed E-state index contributed by atoms with van der Waals surface area (Å²) in [6, 6.07) is 2.02. The smallest absolute Gasteiger partial charge is 0.240 e. The van der Waals surface area contributed by atoms with Gasteiger partial charge in [-0.15, -0.1) is 0 Å². The second-order valence-electron chi connectivity index (χ2n) is 4.45. The minimum atomic E-state index is -3.81. The van der Waals surface area contributed by atoms with Crippen LogP contribution in [0.15, 0.2) is 17.0 Å². The van der Waals surface area contributed by atoms with Crippen molar-refractivity contribution in [3.63, 3.8) is 0 Å². The molecule has 0 spiro atoms. The number of aliphatic hydroxyl groups excluding tert-OH is 1. The van der Waals surface area contributed by atoms with Crippen molar-refractivity contribution in [2.45, 2.75) is 18.4 Å². The molecule has 0 amide bonds. The van der Waals surface area contributed by atoms with E-state index >= 15 is 0 Å². The number of rotatable bonds is 7. The first-order valence-corrected chi connectivity index (χ1v) is 9.14. The Bertz CT molecular complexity index is 566. The van der Waals surface area contributed by atoms with Crippen LogP contribution in [0.5, 0.6) is 0 Å². The number of halogens is 2. The van der Waals surface area contributed by atoms with Gasteiger partial charge in [0.05, 0.1) is 16.5 Å². The molecule has 0 aliphatic rings. The Morgan fingerprint density at radius 1 is 1.50 bits per heavy atom. The highest BCUT2D eigenvalue weighted by atomic mass is 35.5. The molecule has 0 fully saturated rings. The summed E-state index contributed by atoms with van der Waals surface area (Å²) < 4.78 is 40.1. The van der Waals surface area contributed by atoms with Crippen molar-refractivity contribution in [1.82, 2.24) is 4.72 Å². The topological polar surface area (TPSA) is 66.4 Å². The van der Waals surface area contributed by atoms with Crippen molar-refractivity contribution >= 4 is 33.4 Å². The molecular formula is C12H17ClFNO3S2. The minimum absolute atomic E-state index is 0.0456. The van der Waals surface area contributed by atoms with Crippen LogP contribution in [0.25, 0.3) is 0 Å². The van der Waals surface area contributed by atoms with E-state index in [4.69, 9.17) is 16.7 Å². The van der Waals surface area contributed by atoms with Gasteiger partial charge >= 0.3 is 0 Å². The van der Waals surface area contributed by atoms with E-state index in [1.807, 2.05) is 13.2 Å². The van der Waals surface area contributed by atoms with Crippen LogP contribution in [-0.4, -0.2) is 32.1 Å². The molecular weight excluding hydrogens is 325 g/mol. The minimum Gasteiger partial charge on any atom is -0.392 e. The first kappa shape index (κ1) is 17.7. The van der Waals surface area contributed by atoms with Gasteiger partial charge in [0.25, 0.3) is 0 Å². The second-order valence-corrected chi connectivity index (χ2v) is 7.50. The van der Waals surface area contributed by atoms with Gasteiger partial charge in [-0.3, -0.25) is 0 Å². The molecule has 0 saturated carbocycles. The SMILES string of the molecule is CSCC(C)CNS(=O)(=O)c1cc(F)c(Cl)c(CO)c1. The molecule has 1 rings (SSSR count). The highest BCUT2D eigenvalue weighted by Crippen LogP contribution is 2.24. The number of thioether (sulfide) groups is 1. The lowest BCUT2D eigenvalue weighted by Gasteiger charge is -2.13. The molecule has 0 bridgehead atoms. The molecule has 8 heteroatoms. The summed E-state index contributed by atoms with van der Waals surface area (Å²) in [4.78, 5) is -0.236. The Morgan fingerprint density at radius 3 is 2.70 bits per heavy atom. The maximum absolute atomic E-state index is 13.5. The number of hydrogen-bond donors (Lipinski definition) is 2. The monoisotopic (exact) mass is 341 g/mol. The lowest BCUT2D eigenvalue weighted by Crippen LogP contribution is -2.29. The Morgan fingerprint density at radius 2 is 2.15 bits per heavy atom. The summed E-state index contributed by atoms with van der Waals surface area (Å²) in [5, 5.41) is 8.79. The molecule has 114 valence electrons. The number of benzene rings is 1. The number of nitrogens with one attached hydrogen (secondary N) is 1. The summed E-state index contributed by atoms with van der Waals surface area (Å²) in [5.74, 6) is 0.115. The maximum Gasteiger partial charge on any atom is 0.240 e. The Balaban J connectivity index is 2.95. The fourth-order valence-corrected chi connectivity index (χ4v) is 3.65. The third-order valence-electron chi connectivity index (χ3n) is 2.63. The summed E-state index contributed by atoms with van der Waals surface area (Å²) in [7, 11) is -3.81. The van der Waals surface area contributed by atoms with Crippen molar-refractivity contribution < 1.29 is 17.9 Å². The van der Waals surface area contributed by atoms with Crippen molar-refractivity contribution in [1.29, 1.82) is 0 Å². The molecule has 0 saturated heterocycles. The maximum atomic E-state index is 13.5. The first-order valence-electron chi connectivity index (χ1n) is 5.89. The van der Waals surface area contributed by atoms with Crippen LogP contribution in [0.4, 0.5) is 4.39 Å². The summed E-state index contributed by atoms with van der Waals surface area (Å²) in [5.41, 5.74) is 0.0456. The summed E-state index contributed by atoms with van der Waals surface area (Å²) >= 11 is 7.25. The number of sulfonamides is 1. The molecule has 1 aromatic carbocycles. The Kier molecular flexibility index (Phi) is 6.74. The fourth-order valence-electron chi connectivity index (χ4n) is 1.57. The van der Waals surface area contributed by atoms with Crippen LogP contribution in [-0.2, 0) is 16.6 Å². The summed E-state index contributed by atoms with van der Waals surface area (Å²) in [6.07, 6.45) is 1.94. The van der Waals surface area contributed by atoms with Crippen LogP contribution in [0.1, 0.15) is 12.5 Å². The van der Waals surface area contributed by atoms with Gasteiger partial charge in [0.15, 0.2) is 0 Å². The normalized spacial score (nSPS) is 13.4. The van der Waals surface area contributed by atoms with E-state index in [0.29, 0.717) is 0 Å². The third-order valence-corrected chi connectivity index (χ3v) is 5.36. The molecule has 0 aliphatic carbocycles. The zero-order chi connectivity index (χ0) is 15.3. The van der Waals surface area contributed by atoms with Crippen LogP contribution >= 0.6 is 23.4 Å². The molecule has 4 nitrogen and oxygen atoms in total. The predicted molar refractivity (Wildman–Crippen MR) is 80.1 cm³/mol. The molecule has 0 heterocycles. The van der Waals surface area contributed by atoms with Gasteiger partial charge in [-0.1, -0.05) is 18.5 Å². The van der Waals surface area contributed by atoms with Crippen LogP contribution in [0.2, 0.25) is 5.02 Å². The second kappa shape index (κ2) is 7.61. The zero-order valence-electron chi connectivity index (χ0n) is 11.2. The van der Waals surface area contributed by atoms with Gasteiger partial charge in [0.1, 0.15) is 5.82 Å². The molecule has 1 aromatic rings. The first-order chi connectivity index (χ1) is 9.31.